The Morgan fingerprint density at radius 1 is 1.11 bits per heavy atom. The molecule has 2 N–H and O–H groups in total. The number of rotatable bonds is 6. The fraction of sp³-hybridized carbons (Fsp3) is 0.200. The second-order valence-corrected chi connectivity index (χ2v) is 5.91. The molecule has 0 unspecified atom stereocenters. The number of anilines is 1. The van der Waals surface area contributed by atoms with Gasteiger partial charge in [-0.25, -0.2) is 9.18 Å². The highest BCUT2D eigenvalue weighted by atomic mass is 19.1. The van der Waals surface area contributed by atoms with Gasteiger partial charge in [-0.05, 0) is 17.7 Å². The van der Waals surface area contributed by atoms with Crippen LogP contribution in [0, 0.1) is 5.82 Å². The van der Waals surface area contributed by atoms with E-state index in [1.54, 1.807) is 18.3 Å². The van der Waals surface area contributed by atoms with Crippen molar-refractivity contribution in [2.45, 2.75) is 0 Å². The van der Waals surface area contributed by atoms with Crippen molar-refractivity contribution in [1.29, 1.82) is 0 Å². The van der Waals surface area contributed by atoms with Gasteiger partial charge in [-0.15, -0.1) is 0 Å². The molecule has 1 heterocycles. The molecule has 2 aromatic carbocycles. The molecule has 0 amide bonds. The van der Waals surface area contributed by atoms with Gasteiger partial charge < -0.3 is 14.7 Å². The maximum Gasteiger partial charge on any atom is 0.357 e. The lowest BCUT2D eigenvalue weighted by atomic mass is 10.0. The number of nitrogens with zero attached hydrogens (tertiary/aromatic N) is 2. The Hall–Kier alpha value is -3.19. The Labute approximate surface area is 156 Å². The number of benzene rings is 2. The number of hydrazone groups is 1. The number of morpholine rings is 1. The molecule has 140 valence electrons. The molecule has 0 aromatic heterocycles. The van der Waals surface area contributed by atoms with E-state index in [4.69, 9.17) is 4.74 Å². The van der Waals surface area contributed by atoms with Crippen LogP contribution in [0.25, 0.3) is 5.57 Å². The van der Waals surface area contributed by atoms with Crippen LogP contribution in [-0.2, 0) is 9.53 Å². The third-order valence-corrected chi connectivity index (χ3v) is 4.06. The van der Waals surface area contributed by atoms with E-state index in [2.05, 4.69) is 10.5 Å². The first-order valence-corrected chi connectivity index (χ1v) is 8.56. The van der Waals surface area contributed by atoms with E-state index in [9.17, 15) is 14.3 Å². The normalized spacial score (nSPS) is 15.5. The molecule has 0 atom stereocenters. The third-order valence-electron chi connectivity index (χ3n) is 4.06. The summed E-state index contributed by atoms with van der Waals surface area (Å²) < 4.78 is 19.2. The summed E-state index contributed by atoms with van der Waals surface area (Å²) in [6.07, 6.45) is 1.77. The Morgan fingerprint density at radius 3 is 2.44 bits per heavy atom. The second-order valence-electron chi connectivity index (χ2n) is 5.91. The van der Waals surface area contributed by atoms with Crippen LogP contribution in [0.5, 0.6) is 0 Å². The van der Waals surface area contributed by atoms with Crippen LogP contribution < -0.4 is 5.43 Å². The maximum absolute atomic E-state index is 13.8. The van der Waals surface area contributed by atoms with Crippen LogP contribution in [0.3, 0.4) is 0 Å². The van der Waals surface area contributed by atoms with Gasteiger partial charge >= 0.3 is 5.97 Å². The summed E-state index contributed by atoms with van der Waals surface area (Å²) in [7, 11) is 0. The van der Waals surface area contributed by atoms with Crippen molar-refractivity contribution in [2.75, 3.05) is 31.7 Å². The summed E-state index contributed by atoms with van der Waals surface area (Å²) in [6.45, 7) is 2.46. The number of para-hydroxylation sites is 1. The molecule has 0 spiro atoms. The van der Waals surface area contributed by atoms with Crippen molar-refractivity contribution in [3.8, 4) is 0 Å². The highest BCUT2D eigenvalue weighted by Crippen LogP contribution is 2.20. The van der Waals surface area contributed by atoms with Crippen molar-refractivity contribution in [2.24, 2.45) is 5.10 Å². The minimum absolute atomic E-state index is 0.107. The van der Waals surface area contributed by atoms with E-state index in [-0.39, 0.29) is 11.4 Å². The number of carboxylic acids is 1. The summed E-state index contributed by atoms with van der Waals surface area (Å²) in [5.74, 6) is -1.72. The lowest BCUT2D eigenvalue weighted by Gasteiger charge is -2.26. The van der Waals surface area contributed by atoms with Crippen molar-refractivity contribution >= 4 is 22.9 Å². The molecule has 2 aromatic rings. The third kappa shape index (κ3) is 4.92. The van der Waals surface area contributed by atoms with E-state index >= 15 is 0 Å². The second kappa shape index (κ2) is 8.95. The Kier molecular flexibility index (Phi) is 6.17. The zero-order valence-corrected chi connectivity index (χ0v) is 14.6. The number of aliphatic carboxylic acids is 1. The average Bonchev–Trinajstić information content (AvgIpc) is 2.70. The minimum atomic E-state index is -1.21. The molecule has 6 nitrogen and oxygen atoms in total. The summed E-state index contributed by atoms with van der Waals surface area (Å²) in [6, 6.07) is 15.1. The molecular weight excluding hydrogens is 349 g/mol. The summed E-state index contributed by atoms with van der Waals surface area (Å²) in [4.78, 5) is 13.9. The van der Waals surface area contributed by atoms with Gasteiger partial charge in [0.25, 0.3) is 0 Å². The molecule has 1 fully saturated rings. The van der Waals surface area contributed by atoms with Gasteiger partial charge in [0.15, 0.2) is 5.71 Å². The molecule has 3 rings (SSSR count). The fourth-order valence-corrected chi connectivity index (χ4v) is 2.67. The molecule has 0 bridgehead atoms. The largest absolute Gasteiger partial charge is 0.476 e. The first-order valence-electron chi connectivity index (χ1n) is 8.56. The van der Waals surface area contributed by atoms with Gasteiger partial charge in [0, 0.05) is 24.9 Å². The first kappa shape index (κ1) is 18.6. The highest BCUT2D eigenvalue weighted by Gasteiger charge is 2.20. The van der Waals surface area contributed by atoms with Crippen molar-refractivity contribution in [1.82, 2.24) is 4.90 Å². The summed E-state index contributed by atoms with van der Waals surface area (Å²) >= 11 is 0. The van der Waals surface area contributed by atoms with Crippen LogP contribution in [0.2, 0.25) is 0 Å². The number of ether oxygens (including phenoxy) is 1. The number of carbonyl (C=O) groups is 1. The van der Waals surface area contributed by atoms with Crippen molar-refractivity contribution in [3.63, 3.8) is 0 Å². The van der Waals surface area contributed by atoms with Gasteiger partial charge in [0.05, 0.1) is 18.9 Å². The Balaban J connectivity index is 1.98. The molecule has 0 radical (unpaired) electrons. The monoisotopic (exact) mass is 369 g/mol. The smallest absolute Gasteiger partial charge is 0.357 e. The number of hydrogen-bond donors (Lipinski definition) is 2. The van der Waals surface area contributed by atoms with E-state index in [0.717, 1.165) is 0 Å². The highest BCUT2D eigenvalue weighted by molar-refractivity contribution is 6.53. The number of hydrogen-bond acceptors (Lipinski definition) is 5. The predicted molar refractivity (Wildman–Crippen MR) is 102 cm³/mol. The average molecular weight is 369 g/mol. The summed E-state index contributed by atoms with van der Waals surface area (Å²) in [5.41, 5.74) is 3.59. The van der Waals surface area contributed by atoms with E-state index in [1.165, 1.54) is 12.1 Å². The molecule has 1 aliphatic heterocycles. The van der Waals surface area contributed by atoms with Gasteiger partial charge in [-0.3, -0.25) is 5.43 Å². The molecule has 0 aliphatic carbocycles. The fourth-order valence-electron chi connectivity index (χ4n) is 2.67. The van der Waals surface area contributed by atoms with Gasteiger partial charge in [-0.2, -0.15) is 5.10 Å². The standard InChI is InChI=1S/C20H20FN3O3/c21-17-8-4-5-9-18(17)22-23-19(20(25)26)16(15-6-2-1-3-7-15)14-24-10-12-27-13-11-24/h1-9,14,22H,10-13H2,(H,25,26). The predicted octanol–water partition coefficient (Wildman–Crippen LogP) is 3.05. The van der Waals surface area contributed by atoms with Crippen LogP contribution >= 0.6 is 0 Å². The number of nitrogens with one attached hydrogen (secondary N) is 1. The van der Waals surface area contributed by atoms with Gasteiger partial charge in [0.2, 0.25) is 0 Å². The zero-order valence-electron chi connectivity index (χ0n) is 14.6. The lowest BCUT2D eigenvalue weighted by Crippen LogP contribution is -2.33. The molecule has 0 saturated carbocycles. The van der Waals surface area contributed by atoms with E-state index in [0.29, 0.717) is 37.4 Å². The molecular formula is C20H20FN3O3. The maximum atomic E-state index is 13.8. The lowest BCUT2D eigenvalue weighted by molar-refractivity contribution is -0.129. The topological polar surface area (TPSA) is 74.2 Å². The SMILES string of the molecule is O=C(O)C(=NNc1ccccc1F)C(=CN1CCOCC1)c1ccccc1. The van der Waals surface area contributed by atoms with Crippen LogP contribution in [-0.4, -0.2) is 48.0 Å². The van der Waals surface area contributed by atoms with E-state index in [1.807, 2.05) is 35.2 Å². The van der Waals surface area contributed by atoms with Crippen molar-refractivity contribution in [3.05, 3.63) is 72.2 Å². The Morgan fingerprint density at radius 2 is 1.78 bits per heavy atom. The molecule has 1 saturated heterocycles. The van der Waals surface area contributed by atoms with Crippen molar-refractivity contribution < 1.29 is 19.0 Å². The van der Waals surface area contributed by atoms with Crippen LogP contribution in [0.15, 0.2) is 65.9 Å². The Bertz CT molecular complexity index is 847. The first-order chi connectivity index (χ1) is 13.1. The van der Waals surface area contributed by atoms with Crippen LogP contribution in [0.1, 0.15) is 5.56 Å². The number of carboxylic acid groups (broad SMARTS) is 1. The quantitative estimate of drug-likeness (QED) is 0.605. The number of halogens is 1. The minimum Gasteiger partial charge on any atom is -0.476 e. The van der Waals surface area contributed by atoms with Gasteiger partial charge in [-0.1, -0.05) is 42.5 Å². The van der Waals surface area contributed by atoms with Crippen LogP contribution in [0.4, 0.5) is 10.1 Å². The molecule has 1 aliphatic rings. The van der Waals surface area contributed by atoms with E-state index < -0.39 is 11.8 Å². The zero-order chi connectivity index (χ0) is 19.1. The van der Waals surface area contributed by atoms with Gasteiger partial charge in [0.1, 0.15) is 5.82 Å². The summed E-state index contributed by atoms with van der Waals surface area (Å²) in [5, 5.41) is 13.7. The molecule has 27 heavy (non-hydrogen) atoms. The molecule has 7 heteroatoms.